The smallest absolute Gasteiger partial charge is 0.275 e. The molecular formula is C30H31ClF3N9O2. The number of anilines is 2. The lowest BCUT2D eigenvalue weighted by molar-refractivity contribution is 0.0637. The molecule has 4 aromatic rings. The molecule has 2 aliphatic heterocycles. The Labute approximate surface area is 262 Å². The van der Waals surface area contributed by atoms with E-state index in [1.54, 1.807) is 23.3 Å². The van der Waals surface area contributed by atoms with Crippen molar-refractivity contribution in [2.45, 2.75) is 50.8 Å². The van der Waals surface area contributed by atoms with E-state index in [2.05, 4.69) is 40.2 Å². The summed E-state index contributed by atoms with van der Waals surface area (Å²) in [4.78, 5) is 34.6. The number of aromatic nitrogens is 6. The monoisotopic (exact) mass is 641 g/mol. The SMILES string of the molecule is CC(c1cnc(N2CCC2CN2CCCC(O)C2)nc1)n1cc(NC(=O)c2cncc(-c3c(C(F)F)ccc(Cl)c3F)n2)cn1. The second kappa shape index (κ2) is 13.1. The number of halogens is 4. The summed E-state index contributed by atoms with van der Waals surface area (Å²) in [7, 11) is 0. The third-order valence-electron chi connectivity index (χ3n) is 8.23. The Morgan fingerprint density at radius 1 is 1.13 bits per heavy atom. The van der Waals surface area contributed by atoms with Gasteiger partial charge < -0.3 is 15.3 Å². The number of rotatable bonds is 9. The van der Waals surface area contributed by atoms with Crippen LogP contribution >= 0.6 is 11.6 Å². The van der Waals surface area contributed by atoms with Crippen LogP contribution in [0.2, 0.25) is 5.02 Å². The number of aliphatic hydroxyl groups excluding tert-OH is 1. The zero-order valence-electron chi connectivity index (χ0n) is 24.3. The summed E-state index contributed by atoms with van der Waals surface area (Å²) in [5.41, 5.74) is -0.420. The van der Waals surface area contributed by atoms with Crippen LogP contribution in [0.1, 0.15) is 60.3 Å². The van der Waals surface area contributed by atoms with Crippen molar-refractivity contribution in [2.24, 2.45) is 0 Å². The molecule has 1 amide bonds. The van der Waals surface area contributed by atoms with Crippen LogP contribution in [0.4, 0.5) is 24.8 Å². The van der Waals surface area contributed by atoms with E-state index in [1.165, 1.54) is 6.20 Å². The van der Waals surface area contributed by atoms with Crippen molar-refractivity contribution < 1.29 is 23.1 Å². The van der Waals surface area contributed by atoms with Gasteiger partial charge in [-0.05, 0) is 38.8 Å². The molecule has 1 aromatic carbocycles. The van der Waals surface area contributed by atoms with Crippen LogP contribution in [0.25, 0.3) is 11.3 Å². The Balaban J connectivity index is 1.10. The number of aliphatic hydroxyl groups is 1. The number of hydrogen-bond donors (Lipinski definition) is 2. The minimum atomic E-state index is -2.99. The molecule has 0 radical (unpaired) electrons. The van der Waals surface area contributed by atoms with E-state index in [1.807, 2.05) is 6.92 Å². The van der Waals surface area contributed by atoms with Gasteiger partial charge in [-0.25, -0.2) is 28.1 Å². The van der Waals surface area contributed by atoms with Gasteiger partial charge in [0.05, 0.1) is 47.1 Å². The van der Waals surface area contributed by atoms with Gasteiger partial charge in [-0.2, -0.15) is 5.10 Å². The van der Waals surface area contributed by atoms with E-state index in [9.17, 15) is 23.1 Å². The normalized spacial score (nSPS) is 19.4. The standard InChI is InChI=1S/C30H31ClF3N9O2/c1-17(18-9-36-30(37-10-18)42-8-6-20(42)15-41-7-2-3-21(44)16-41)43-14-19(11-38-43)39-29(45)25-13-35-12-24(40-25)26-22(28(33)34)4-5-23(31)27(26)32/h4-5,9-14,17,20-21,28,44H,2-3,6-8,15-16H2,1H3,(H,39,45). The lowest BCUT2D eigenvalue weighted by atomic mass is 10.0. The predicted octanol–water partition coefficient (Wildman–Crippen LogP) is 4.76. The molecule has 0 spiro atoms. The van der Waals surface area contributed by atoms with Crippen molar-refractivity contribution in [1.82, 2.24) is 34.6 Å². The maximum Gasteiger partial charge on any atom is 0.275 e. The molecule has 5 heterocycles. The van der Waals surface area contributed by atoms with Gasteiger partial charge in [0.1, 0.15) is 5.69 Å². The summed E-state index contributed by atoms with van der Waals surface area (Å²) < 4.78 is 43.5. The average Bonchev–Trinajstić information content (AvgIpc) is 3.49. The fraction of sp³-hybridized carbons (Fsp3) is 0.400. The molecular weight excluding hydrogens is 611 g/mol. The molecule has 45 heavy (non-hydrogen) atoms. The van der Waals surface area contributed by atoms with Gasteiger partial charge in [-0.15, -0.1) is 0 Å². The number of carbonyl (C=O) groups excluding carboxylic acids is 1. The fourth-order valence-electron chi connectivity index (χ4n) is 5.65. The van der Waals surface area contributed by atoms with Crippen molar-refractivity contribution in [3.8, 4) is 11.3 Å². The second-order valence-electron chi connectivity index (χ2n) is 11.3. The Morgan fingerprint density at radius 3 is 2.64 bits per heavy atom. The van der Waals surface area contributed by atoms with Gasteiger partial charge in [-0.3, -0.25) is 19.4 Å². The molecule has 2 fully saturated rings. The molecule has 2 N–H and O–H groups in total. The fourth-order valence-corrected chi connectivity index (χ4v) is 5.81. The van der Waals surface area contributed by atoms with Crippen molar-refractivity contribution in [3.05, 3.63) is 77.0 Å². The van der Waals surface area contributed by atoms with Crippen LogP contribution in [0.3, 0.4) is 0 Å². The first-order valence-electron chi connectivity index (χ1n) is 14.6. The quantitative estimate of drug-likeness (QED) is 0.266. The molecule has 6 rings (SSSR count). The lowest BCUT2D eigenvalue weighted by Crippen LogP contribution is -2.56. The number of benzene rings is 1. The van der Waals surface area contributed by atoms with E-state index in [-0.39, 0.29) is 28.6 Å². The van der Waals surface area contributed by atoms with Gasteiger partial charge in [0.15, 0.2) is 5.82 Å². The van der Waals surface area contributed by atoms with Gasteiger partial charge in [-0.1, -0.05) is 17.7 Å². The van der Waals surface area contributed by atoms with E-state index >= 15 is 0 Å². The number of hydrogen-bond acceptors (Lipinski definition) is 9. The summed E-state index contributed by atoms with van der Waals surface area (Å²) >= 11 is 5.82. The molecule has 236 valence electrons. The number of amides is 1. The molecule has 0 aliphatic carbocycles. The first kappa shape index (κ1) is 30.9. The number of alkyl halides is 2. The number of likely N-dealkylation sites (tertiary alicyclic amines) is 1. The highest BCUT2D eigenvalue weighted by Gasteiger charge is 2.33. The van der Waals surface area contributed by atoms with Gasteiger partial charge >= 0.3 is 0 Å². The molecule has 3 aromatic heterocycles. The Hall–Kier alpha value is -4.14. The molecule has 0 saturated carbocycles. The van der Waals surface area contributed by atoms with E-state index in [4.69, 9.17) is 11.6 Å². The van der Waals surface area contributed by atoms with Crippen molar-refractivity contribution >= 4 is 29.1 Å². The van der Waals surface area contributed by atoms with Crippen LogP contribution in [0.15, 0.2) is 49.3 Å². The number of piperidine rings is 1. The van der Waals surface area contributed by atoms with E-state index in [0.29, 0.717) is 24.2 Å². The number of β-amino-alcohol motifs (C(OH)–C–C–N with tert-alkyl or cyclic N) is 1. The minimum absolute atomic E-state index is 0.211. The van der Waals surface area contributed by atoms with Gasteiger partial charge in [0.2, 0.25) is 5.95 Å². The molecule has 3 atom stereocenters. The third kappa shape index (κ3) is 6.63. The largest absolute Gasteiger partial charge is 0.392 e. The first-order valence-corrected chi connectivity index (χ1v) is 15.0. The van der Waals surface area contributed by atoms with Crippen LogP contribution in [0, 0.1) is 5.82 Å². The molecule has 11 nitrogen and oxygen atoms in total. The summed E-state index contributed by atoms with van der Waals surface area (Å²) in [6.07, 6.45) is 8.51. The summed E-state index contributed by atoms with van der Waals surface area (Å²) in [5.74, 6) is -1.10. The Kier molecular flexibility index (Phi) is 8.97. The number of nitrogens with one attached hydrogen (secondary N) is 1. The zero-order valence-corrected chi connectivity index (χ0v) is 25.1. The molecule has 2 saturated heterocycles. The second-order valence-corrected chi connectivity index (χ2v) is 11.7. The lowest BCUT2D eigenvalue weighted by Gasteiger charge is -2.44. The minimum Gasteiger partial charge on any atom is -0.392 e. The van der Waals surface area contributed by atoms with Crippen molar-refractivity contribution in [1.29, 1.82) is 0 Å². The summed E-state index contributed by atoms with van der Waals surface area (Å²) in [5, 5.41) is 16.6. The van der Waals surface area contributed by atoms with E-state index < -0.39 is 29.3 Å². The summed E-state index contributed by atoms with van der Waals surface area (Å²) in [6, 6.07) is 2.11. The average molecular weight is 642 g/mol. The first-order chi connectivity index (χ1) is 21.7. The van der Waals surface area contributed by atoms with Crippen molar-refractivity contribution in [3.63, 3.8) is 0 Å². The highest BCUT2D eigenvalue weighted by atomic mass is 35.5. The van der Waals surface area contributed by atoms with Crippen LogP contribution in [0.5, 0.6) is 0 Å². The topological polar surface area (TPSA) is 125 Å². The maximum absolute atomic E-state index is 14.7. The molecule has 0 bridgehead atoms. The maximum atomic E-state index is 14.7. The molecule has 3 unspecified atom stereocenters. The van der Waals surface area contributed by atoms with Gasteiger partial charge in [0.25, 0.3) is 12.3 Å². The van der Waals surface area contributed by atoms with E-state index in [0.717, 1.165) is 69.0 Å². The highest BCUT2D eigenvalue weighted by Crippen LogP contribution is 2.35. The Bertz CT molecular complexity index is 1670. The Morgan fingerprint density at radius 2 is 1.93 bits per heavy atom. The van der Waals surface area contributed by atoms with Crippen LogP contribution < -0.4 is 10.2 Å². The summed E-state index contributed by atoms with van der Waals surface area (Å²) in [6.45, 7) is 5.38. The molecule has 2 aliphatic rings. The molecule has 15 heteroatoms. The van der Waals surface area contributed by atoms with Crippen LogP contribution in [-0.2, 0) is 0 Å². The van der Waals surface area contributed by atoms with Crippen LogP contribution in [-0.4, -0.2) is 84.0 Å². The predicted molar refractivity (Wildman–Crippen MR) is 161 cm³/mol. The number of carbonyl (C=O) groups is 1. The number of nitrogens with zero attached hydrogens (tertiary/aromatic N) is 8. The highest BCUT2D eigenvalue weighted by molar-refractivity contribution is 6.31. The third-order valence-corrected chi connectivity index (χ3v) is 8.52. The zero-order chi connectivity index (χ0) is 31.7. The van der Waals surface area contributed by atoms with Gasteiger partial charge in [0, 0.05) is 61.0 Å². The van der Waals surface area contributed by atoms with Crippen molar-refractivity contribution in [2.75, 3.05) is 36.4 Å².